The maximum absolute atomic E-state index is 12.8. The molecule has 0 saturated heterocycles. The lowest BCUT2D eigenvalue weighted by Gasteiger charge is -2.12. The summed E-state index contributed by atoms with van der Waals surface area (Å²) in [6.45, 7) is 4.40. The normalized spacial score (nSPS) is 12.3. The van der Waals surface area contributed by atoms with Gasteiger partial charge in [-0.15, -0.1) is 11.3 Å². The van der Waals surface area contributed by atoms with Crippen molar-refractivity contribution in [3.8, 4) is 17.6 Å². The fraction of sp³-hybridized carbons (Fsp3) is 0.250. The van der Waals surface area contributed by atoms with E-state index in [9.17, 15) is 10.1 Å². The van der Waals surface area contributed by atoms with Gasteiger partial charge in [-0.05, 0) is 29.2 Å². The molecule has 0 fully saturated rings. The zero-order valence-electron chi connectivity index (χ0n) is 15.9. The molecule has 1 aliphatic rings. The number of anilines is 2. The highest BCUT2D eigenvalue weighted by Crippen LogP contribution is 2.40. The van der Waals surface area contributed by atoms with Crippen molar-refractivity contribution in [2.45, 2.75) is 26.3 Å². The zero-order valence-corrected chi connectivity index (χ0v) is 16.7. The highest BCUT2D eigenvalue weighted by molar-refractivity contribution is 7.21. The molecule has 3 aromatic rings. The van der Waals surface area contributed by atoms with Gasteiger partial charge in [0.15, 0.2) is 11.5 Å². The van der Waals surface area contributed by atoms with Crippen LogP contribution in [0.3, 0.4) is 0 Å². The van der Waals surface area contributed by atoms with Crippen LogP contribution in [0.15, 0.2) is 18.2 Å². The average Bonchev–Trinajstić information content (AvgIpc) is 3.28. The number of fused-ring (bicyclic) bond motifs is 2. The first-order chi connectivity index (χ1) is 13.9. The van der Waals surface area contributed by atoms with Crippen molar-refractivity contribution < 1.29 is 14.3 Å². The number of amides is 1. The van der Waals surface area contributed by atoms with Gasteiger partial charge in [-0.3, -0.25) is 4.79 Å². The van der Waals surface area contributed by atoms with Gasteiger partial charge in [-0.1, -0.05) is 19.9 Å². The Bertz CT molecular complexity index is 1180. The van der Waals surface area contributed by atoms with Gasteiger partial charge in [-0.2, -0.15) is 5.26 Å². The summed E-state index contributed by atoms with van der Waals surface area (Å²) < 4.78 is 10.7. The molecule has 4 rings (SSSR count). The standard InChI is InChI=1S/C20H19N5O3S/c1-9(2)14-11(6-21)18(23)25-20-15(14)16(22)17(29-20)19(26)24-7-10-3-4-12-13(5-10)28-8-27-12/h3-5,9H,7-8,22H2,1-2H3,(H2,23,25)(H,24,26). The molecule has 0 radical (unpaired) electrons. The van der Waals surface area contributed by atoms with Crippen LogP contribution in [0.2, 0.25) is 0 Å². The van der Waals surface area contributed by atoms with Crippen LogP contribution < -0.4 is 26.3 Å². The zero-order chi connectivity index (χ0) is 20.7. The van der Waals surface area contributed by atoms with E-state index in [-0.39, 0.29) is 24.4 Å². The van der Waals surface area contributed by atoms with Crippen LogP contribution in [-0.4, -0.2) is 17.7 Å². The summed E-state index contributed by atoms with van der Waals surface area (Å²) in [5.41, 5.74) is 14.5. The lowest BCUT2D eigenvalue weighted by atomic mass is 9.95. The summed E-state index contributed by atoms with van der Waals surface area (Å²) in [4.78, 5) is 18.0. The lowest BCUT2D eigenvalue weighted by Crippen LogP contribution is -2.22. The Labute approximate surface area is 171 Å². The molecule has 0 unspecified atom stereocenters. The van der Waals surface area contributed by atoms with Crippen molar-refractivity contribution in [2.75, 3.05) is 18.3 Å². The number of nitrogens with one attached hydrogen (secondary N) is 1. The minimum atomic E-state index is -0.310. The van der Waals surface area contributed by atoms with E-state index < -0.39 is 0 Å². The van der Waals surface area contributed by atoms with E-state index in [2.05, 4.69) is 16.4 Å². The average molecular weight is 409 g/mol. The molecule has 2 aromatic heterocycles. The molecule has 1 amide bonds. The number of hydrogen-bond donors (Lipinski definition) is 3. The lowest BCUT2D eigenvalue weighted by molar-refractivity contribution is 0.0955. The van der Waals surface area contributed by atoms with Gasteiger partial charge in [0.2, 0.25) is 6.79 Å². The van der Waals surface area contributed by atoms with Crippen LogP contribution in [-0.2, 0) is 6.54 Å². The van der Waals surface area contributed by atoms with Gasteiger partial charge in [0.05, 0.1) is 11.3 Å². The largest absolute Gasteiger partial charge is 0.454 e. The molecular formula is C20H19N5O3S. The summed E-state index contributed by atoms with van der Waals surface area (Å²) in [5, 5.41) is 13.0. The van der Waals surface area contributed by atoms with Gasteiger partial charge >= 0.3 is 0 Å². The molecule has 0 bridgehead atoms. The second-order valence-electron chi connectivity index (χ2n) is 6.95. The molecule has 29 heavy (non-hydrogen) atoms. The third kappa shape index (κ3) is 3.17. The van der Waals surface area contributed by atoms with E-state index in [1.807, 2.05) is 32.0 Å². The van der Waals surface area contributed by atoms with Crippen molar-refractivity contribution in [3.05, 3.63) is 39.8 Å². The van der Waals surface area contributed by atoms with Crippen LogP contribution in [0.25, 0.3) is 10.2 Å². The van der Waals surface area contributed by atoms with Crippen LogP contribution in [0.4, 0.5) is 11.5 Å². The Kier molecular flexibility index (Phi) is 4.64. The monoisotopic (exact) mass is 409 g/mol. The number of rotatable bonds is 4. The molecule has 5 N–H and O–H groups in total. The predicted molar refractivity (Wildman–Crippen MR) is 111 cm³/mol. The third-order valence-electron chi connectivity index (χ3n) is 4.73. The number of nitrogens with zero attached hydrogens (tertiary/aromatic N) is 2. The topological polar surface area (TPSA) is 136 Å². The molecule has 9 heteroatoms. The quantitative estimate of drug-likeness (QED) is 0.602. The molecular weight excluding hydrogens is 390 g/mol. The SMILES string of the molecule is CC(C)c1c(C#N)c(N)nc2sc(C(=O)NCc3ccc4c(c3)OCO4)c(N)c12. The highest BCUT2D eigenvalue weighted by atomic mass is 32.1. The van der Waals surface area contributed by atoms with Gasteiger partial charge in [0.1, 0.15) is 21.6 Å². The molecule has 148 valence electrons. The summed E-state index contributed by atoms with van der Waals surface area (Å²) in [7, 11) is 0. The van der Waals surface area contributed by atoms with Gasteiger partial charge in [0, 0.05) is 11.9 Å². The third-order valence-corrected chi connectivity index (χ3v) is 5.83. The number of carbonyl (C=O) groups is 1. The fourth-order valence-electron chi connectivity index (χ4n) is 3.38. The number of nitriles is 1. The van der Waals surface area contributed by atoms with E-state index in [1.54, 1.807) is 0 Å². The summed E-state index contributed by atoms with van der Waals surface area (Å²) in [6, 6.07) is 7.61. The van der Waals surface area contributed by atoms with Crippen LogP contribution in [0.1, 0.15) is 46.1 Å². The summed E-state index contributed by atoms with van der Waals surface area (Å²) >= 11 is 1.17. The van der Waals surface area contributed by atoms with Crippen molar-refractivity contribution in [2.24, 2.45) is 0 Å². The second kappa shape index (κ2) is 7.14. The van der Waals surface area contributed by atoms with Crippen LogP contribution in [0, 0.1) is 11.3 Å². The van der Waals surface area contributed by atoms with Gasteiger partial charge in [0.25, 0.3) is 5.91 Å². The number of thiophene rings is 1. The first-order valence-electron chi connectivity index (χ1n) is 8.98. The van der Waals surface area contributed by atoms with Gasteiger partial charge < -0.3 is 26.3 Å². The van der Waals surface area contributed by atoms with Crippen molar-refractivity contribution in [3.63, 3.8) is 0 Å². The van der Waals surface area contributed by atoms with Crippen molar-refractivity contribution >= 4 is 39.0 Å². The number of nitrogens with two attached hydrogens (primary N) is 2. The van der Waals surface area contributed by atoms with Gasteiger partial charge in [-0.25, -0.2) is 4.98 Å². The number of carbonyl (C=O) groups excluding carboxylic acids is 1. The number of hydrogen-bond acceptors (Lipinski definition) is 8. The number of pyridine rings is 1. The van der Waals surface area contributed by atoms with Crippen molar-refractivity contribution in [1.82, 2.24) is 10.3 Å². The van der Waals surface area contributed by atoms with E-state index in [1.165, 1.54) is 11.3 Å². The molecule has 0 spiro atoms. The summed E-state index contributed by atoms with van der Waals surface area (Å²) in [5.74, 6) is 1.18. The Balaban J connectivity index is 1.65. The minimum Gasteiger partial charge on any atom is -0.454 e. The minimum absolute atomic E-state index is 0.00102. The van der Waals surface area contributed by atoms with E-state index in [0.29, 0.717) is 44.4 Å². The molecule has 3 heterocycles. The fourth-order valence-corrected chi connectivity index (χ4v) is 4.41. The van der Waals surface area contributed by atoms with E-state index in [4.69, 9.17) is 20.9 Å². The number of nitrogen functional groups attached to an aromatic ring is 2. The Morgan fingerprint density at radius 3 is 2.83 bits per heavy atom. The van der Waals surface area contributed by atoms with Crippen LogP contribution in [0.5, 0.6) is 11.5 Å². The second-order valence-corrected chi connectivity index (χ2v) is 7.95. The summed E-state index contributed by atoms with van der Waals surface area (Å²) in [6.07, 6.45) is 0. The predicted octanol–water partition coefficient (Wildman–Crippen LogP) is 3.11. The molecule has 8 nitrogen and oxygen atoms in total. The molecule has 0 saturated carbocycles. The Morgan fingerprint density at radius 2 is 2.10 bits per heavy atom. The Morgan fingerprint density at radius 1 is 1.34 bits per heavy atom. The Hall–Kier alpha value is -3.51. The number of ether oxygens (including phenoxy) is 2. The number of aromatic nitrogens is 1. The number of benzene rings is 1. The smallest absolute Gasteiger partial charge is 0.263 e. The molecule has 0 aliphatic carbocycles. The first kappa shape index (κ1) is 18.8. The van der Waals surface area contributed by atoms with Crippen molar-refractivity contribution in [1.29, 1.82) is 5.26 Å². The highest BCUT2D eigenvalue weighted by Gasteiger charge is 2.24. The first-order valence-corrected chi connectivity index (χ1v) is 9.80. The van der Waals surface area contributed by atoms with E-state index >= 15 is 0 Å². The maximum atomic E-state index is 12.8. The maximum Gasteiger partial charge on any atom is 0.263 e. The molecule has 1 aliphatic heterocycles. The van der Waals surface area contributed by atoms with Crippen LogP contribution >= 0.6 is 11.3 Å². The molecule has 1 aromatic carbocycles. The molecule has 0 atom stereocenters. The van der Waals surface area contributed by atoms with E-state index in [0.717, 1.165) is 11.1 Å².